The summed E-state index contributed by atoms with van der Waals surface area (Å²) in [5.41, 5.74) is 1.53. The van der Waals surface area contributed by atoms with Crippen molar-refractivity contribution in [2.45, 2.75) is 23.5 Å². The van der Waals surface area contributed by atoms with Crippen molar-refractivity contribution in [2.75, 3.05) is 11.9 Å². The molecule has 156 valence electrons. The first-order valence-electron chi connectivity index (χ1n) is 9.16. The Bertz CT molecular complexity index is 1100. The highest BCUT2D eigenvalue weighted by Crippen LogP contribution is 2.34. The van der Waals surface area contributed by atoms with Crippen LogP contribution in [-0.4, -0.2) is 41.5 Å². The largest absolute Gasteiger partial charge is 0.326 e. The molecule has 1 aliphatic heterocycles. The SMILES string of the molecule is C=CCN=C1S[C@H](CC(=O)Nc2ccccc2C)C(=O)N1S(=O)(=O)c1ccccc1. The van der Waals surface area contributed by atoms with Gasteiger partial charge >= 0.3 is 0 Å². The molecule has 3 rings (SSSR count). The van der Waals surface area contributed by atoms with Gasteiger partial charge in [0, 0.05) is 12.1 Å². The van der Waals surface area contributed by atoms with Crippen LogP contribution < -0.4 is 5.32 Å². The number of aliphatic imine (C=N–C) groups is 1. The molecule has 0 unspecified atom stereocenters. The fourth-order valence-corrected chi connectivity index (χ4v) is 5.69. The number of hydrogen-bond acceptors (Lipinski definition) is 6. The number of thioether (sulfide) groups is 1. The van der Waals surface area contributed by atoms with Gasteiger partial charge in [0.15, 0.2) is 5.17 Å². The van der Waals surface area contributed by atoms with E-state index in [-0.39, 0.29) is 28.9 Å². The lowest BCUT2D eigenvalue weighted by Gasteiger charge is -2.16. The lowest BCUT2D eigenvalue weighted by molar-refractivity contribution is -0.125. The van der Waals surface area contributed by atoms with Crippen LogP contribution >= 0.6 is 11.8 Å². The number of sulfonamides is 1. The van der Waals surface area contributed by atoms with Gasteiger partial charge in [0.2, 0.25) is 5.91 Å². The highest BCUT2D eigenvalue weighted by Gasteiger charge is 2.46. The number of amidine groups is 1. The zero-order valence-electron chi connectivity index (χ0n) is 16.3. The summed E-state index contributed by atoms with van der Waals surface area (Å²) in [5.74, 6) is -1.07. The van der Waals surface area contributed by atoms with Crippen LogP contribution in [-0.2, 0) is 19.6 Å². The van der Waals surface area contributed by atoms with Gasteiger partial charge in [-0.15, -0.1) is 6.58 Å². The van der Waals surface area contributed by atoms with Crippen molar-refractivity contribution >= 4 is 44.5 Å². The molecule has 1 heterocycles. The molecule has 0 bridgehead atoms. The summed E-state index contributed by atoms with van der Waals surface area (Å²) in [7, 11) is -4.14. The van der Waals surface area contributed by atoms with Crippen LogP contribution in [0.1, 0.15) is 12.0 Å². The second-order valence-electron chi connectivity index (χ2n) is 6.51. The van der Waals surface area contributed by atoms with Crippen LogP contribution in [0.3, 0.4) is 0 Å². The number of aryl methyl sites for hydroxylation is 1. The first-order valence-corrected chi connectivity index (χ1v) is 11.5. The van der Waals surface area contributed by atoms with Gasteiger partial charge in [-0.3, -0.25) is 14.6 Å². The number of nitrogens with zero attached hydrogens (tertiary/aromatic N) is 2. The third-order valence-electron chi connectivity index (χ3n) is 4.32. The van der Waals surface area contributed by atoms with Crippen LogP contribution in [0.5, 0.6) is 0 Å². The third-order valence-corrected chi connectivity index (χ3v) is 7.32. The Morgan fingerprint density at radius 2 is 1.87 bits per heavy atom. The van der Waals surface area contributed by atoms with Crippen LogP contribution in [0.4, 0.5) is 5.69 Å². The normalized spacial score (nSPS) is 17.9. The second kappa shape index (κ2) is 9.27. The maximum atomic E-state index is 13.1. The van der Waals surface area contributed by atoms with E-state index in [0.29, 0.717) is 9.99 Å². The standard InChI is InChI=1S/C21H21N3O4S2/c1-3-13-22-21-24(30(27,28)16-10-5-4-6-11-16)20(26)18(29-21)14-19(25)23-17-12-8-7-9-15(17)2/h3-12,18H,1,13-14H2,2H3,(H,23,25)/t18-/m1/s1. The van der Waals surface area contributed by atoms with E-state index in [9.17, 15) is 18.0 Å². The van der Waals surface area contributed by atoms with Crippen molar-refractivity contribution in [2.24, 2.45) is 4.99 Å². The van der Waals surface area contributed by atoms with Crippen molar-refractivity contribution < 1.29 is 18.0 Å². The minimum absolute atomic E-state index is 0.0183. The molecule has 1 fully saturated rings. The van der Waals surface area contributed by atoms with E-state index in [4.69, 9.17) is 0 Å². The highest BCUT2D eigenvalue weighted by molar-refractivity contribution is 8.17. The predicted octanol–water partition coefficient (Wildman–Crippen LogP) is 3.20. The predicted molar refractivity (Wildman–Crippen MR) is 119 cm³/mol. The van der Waals surface area contributed by atoms with Gasteiger partial charge < -0.3 is 5.32 Å². The minimum atomic E-state index is -4.14. The van der Waals surface area contributed by atoms with Gasteiger partial charge in [-0.25, -0.2) is 8.42 Å². The summed E-state index contributed by atoms with van der Waals surface area (Å²) in [6.45, 7) is 5.59. The zero-order chi connectivity index (χ0) is 21.7. The van der Waals surface area contributed by atoms with Gasteiger partial charge in [0.25, 0.3) is 15.9 Å². The zero-order valence-corrected chi connectivity index (χ0v) is 17.9. The third kappa shape index (κ3) is 4.63. The molecule has 2 amide bonds. The van der Waals surface area contributed by atoms with Crippen LogP contribution in [0.15, 0.2) is 77.1 Å². The Labute approximate surface area is 179 Å². The fraction of sp³-hybridized carbons (Fsp3) is 0.190. The van der Waals surface area contributed by atoms with Gasteiger partial charge in [-0.2, -0.15) is 4.31 Å². The fourth-order valence-electron chi connectivity index (χ4n) is 2.83. The number of benzene rings is 2. The molecule has 0 aliphatic carbocycles. The molecule has 1 atom stereocenters. The Hall–Kier alpha value is -2.91. The second-order valence-corrected chi connectivity index (χ2v) is 9.46. The summed E-state index contributed by atoms with van der Waals surface area (Å²) in [6, 6.07) is 14.9. The summed E-state index contributed by atoms with van der Waals surface area (Å²) in [5, 5.41) is 1.92. The number of amides is 2. The van der Waals surface area contributed by atoms with E-state index < -0.39 is 21.2 Å². The Morgan fingerprint density at radius 3 is 2.53 bits per heavy atom. The topological polar surface area (TPSA) is 95.9 Å². The van der Waals surface area contributed by atoms with Gasteiger partial charge in [-0.05, 0) is 30.7 Å². The number of hydrogen-bond donors (Lipinski definition) is 1. The molecule has 7 nitrogen and oxygen atoms in total. The van der Waals surface area contributed by atoms with Gasteiger partial charge in [0.05, 0.1) is 11.4 Å². The summed E-state index contributed by atoms with van der Waals surface area (Å²) in [6.07, 6.45) is 1.33. The van der Waals surface area contributed by atoms with Crippen molar-refractivity contribution in [3.8, 4) is 0 Å². The molecule has 0 radical (unpaired) electrons. The maximum Gasteiger partial charge on any atom is 0.272 e. The number of anilines is 1. The molecular weight excluding hydrogens is 422 g/mol. The van der Waals surface area contributed by atoms with E-state index in [2.05, 4.69) is 16.9 Å². The highest BCUT2D eigenvalue weighted by atomic mass is 32.2. The molecular formula is C21H21N3O4S2. The number of nitrogens with one attached hydrogen (secondary N) is 1. The molecule has 9 heteroatoms. The van der Waals surface area contributed by atoms with E-state index in [1.54, 1.807) is 30.3 Å². The monoisotopic (exact) mass is 443 g/mol. The molecule has 2 aromatic rings. The molecule has 1 N–H and O–H groups in total. The first-order chi connectivity index (χ1) is 14.3. The summed E-state index contributed by atoms with van der Waals surface area (Å²) < 4.78 is 26.8. The van der Waals surface area contributed by atoms with Gasteiger partial charge in [0.1, 0.15) is 5.25 Å². The maximum absolute atomic E-state index is 13.1. The van der Waals surface area contributed by atoms with Crippen LogP contribution in [0.2, 0.25) is 0 Å². The van der Waals surface area contributed by atoms with Crippen molar-refractivity contribution in [3.63, 3.8) is 0 Å². The smallest absolute Gasteiger partial charge is 0.272 e. The first kappa shape index (κ1) is 21.8. The lowest BCUT2D eigenvalue weighted by atomic mass is 10.2. The summed E-state index contributed by atoms with van der Waals surface area (Å²) >= 11 is 0.970. The quantitative estimate of drug-likeness (QED) is 0.663. The number of carbonyl (C=O) groups excluding carboxylic acids is 2. The number of carbonyl (C=O) groups is 2. The Morgan fingerprint density at radius 1 is 1.20 bits per heavy atom. The molecule has 0 spiro atoms. The van der Waals surface area contributed by atoms with E-state index in [0.717, 1.165) is 17.3 Å². The average Bonchev–Trinajstić information content (AvgIpc) is 3.04. The minimum Gasteiger partial charge on any atom is -0.326 e. The summed E-state index contributed by atoms with van der Waals surface area (Å²) in [4.78, 5) is 29.7. The van der Waals surface area contributed by atoms with Crippen molar-refractivity contribution in [1.82, 2.24) is 4.31 Å². The molecule has 1 saturated heterocycles. The van der Waals surface area contributed by atoms with E-state index >= 15 is 0 Å². The molecule has 1 aliphatic rings. The Balaban J connectivity index is 1.84. The average molecular weight is 444 g/mol. The molecule has 0 saturated carbocycles. The molecule has 30 heavy (non-hydrogen) atoms. The van der Waals surface area contributed by atoms with E-state index in [1.807, 2.05) is 19.1 Å². The lowest BCUT2D eigenvalue weighted by Crippen LogP contribution is -2.38. The van der Waals surface area contributed by atoms with Crippen LogP contribution in [0.25, 0.3) is 0 Å². The van der Waals surface area contributed by atoms with Crippen molar-refractivity contribution in [1.29, 1.82) is 0 Å². The van der Waals surface area contributed by atoms with Gasteiger partial charge in [-0.1, -0.05) is 54.2 Å². The molecule has 0 aromatic heterocycles. The van der Waals surface area contributed by atoms with Crippen LogP contribution in [0, 0.1) is 6.92 Å². The molecule has 2 aromatic carbocycles. The van der Waals surface area contributed by atoms with E-state index in [1.165, 1.54) is 18.2 Å². The number of rotatable bonds is 7. The van der Waals surface area contributed by atoms with Crippen molar-refractivity contribution in [3.05, 3.63) is 72.8 Å². The Kier molecular flexibility index (Phi) is 6.73. The number of para-hydroxylation sites is 1.